The van der Waals surface area contributed by atoms with Crippen molar-refractivity contribution in [1.29, 1.82) is 0 Å². The van der Waals surface area contributed by atoms with Gasteiger partial charge in [0.1, 0.15) is 0 Å². The van der Waals surface area contributed by atoms with E-state index in [4.69, 9.17) is 9.97 Å². The summed E-state index contributed by atoms with van der Waals surface area (Å²) in [5.41, 5.74) is 26.5. The van der Waals surface area contributed by atoms with Gasteiger partial charge in [-0.3, -0.25) is 0 Å². The van der Waals surface area contributed by atoms with Crippen LogP contribution in [0, 0.1) is 0 Å². The van der Waals surface area contributed by atoms with Crippen LogP contribution in [0.5, 0.6) is 0 Å². The summed E-state index contributed by atoms with van der Waals surface area (Å²) < 4.78 is 0. The minimum atomic E-state index is -0.158. The second-order valence-electron chi connectivity index (χ2n) is 20.9. The number of fused-ring (bicyclic) bond motifs is 4. The van der Waals surface area contributed by atoms with Crippen LogP contribution in [-0.2, 0) is 0 Å². The van der Waals surface area contributed by atoms with E-state index < -0.39 is 0 Å². The van der Waals surface area contributed by atoms with Crippen molar-refractivity contribution in [1.82, 2.24) is 9.97 Å². The Hall–Kier alpha value is -10.4. The molecule has 0 bridgehead atoms. The zero-order valence-electron chi connectivity index (χ0n) is 44.3. The summed E-state index contributed by atoms with van der Waals surface area (Å²) in [7, 11) is 0. The Morgan fingerprint density at radius 1 is 0.247 bits per heavy atom. The molecule has 1 aromatic heterocycles. The maximum absolute atomic E-state index is 5.61. The Morgan fingerprint density at radius 3 is 0.988 bits per heavy atom. The molecule has 0 atom stereocenters. The molecule has 0 amide bonds. The predicted molar refractivity (Wildman–Crippen MR) is 341 cm³/mol. The Morgan fingerprint density at radius 2 is 0.568 bits per heavy atom. The van der Waals surface area contributed by atoms with Crippen LogP contribution in [0.25, 0.3) is 89.3 Å². The van der Waals surface area contributed by atoms with Gasteiger partial charge in [0.25, 0.3) is 0 Å². The summed E-state index contributed by atoms with van der Waals surface area (Å²) in [6, 6.07) is 110. The molecule has 12 aromatic carbocycles. The second kappa shape index (κ2) is 20.4. The number of rotatable bonds is 10. The van der Waals surface area contributed by atoms with Crippen molar-refractivity contribution in [3.05, 3.63) is 303 Å². The van der Waals surface area contributed by atoms with Crippen molar-refractivity contribution in [3.8, 4) is 89.3 Å². The average Bonchev–Trinajstić information content (AvgIpc) is 3.72. The predicted octanol–water partition coefficient (Wildman–Crippen LogP) is 17.2. The molecule has 13 aromatic rings. The third-order valence-electron chi connectivity index (χ3n) is 16.1. The van der Waals surface area contributed by atoms with Gasteiger partial charge >= 0.3 is 355 Å². The molecular weight excluding hydrogens is 978 g/mol. The normalized spacial score (nSPS) is 12.1. The molecule has 0 N–H and O–H groups in total. The van der Waals surface area contributed by atoms with E-state index >= 15 is 0 Å². The fourth-order valence-corrected chi connectivity index (χ4v) is 12.1. The van der Waals surface area contributed by atoms with Gasteiger partial charge < -0.3 is 0 Å². The first-order valence-corrected chi connectivity index (χ1v) is 27.7. The molecule has 0 spiro atoms. The first-order chi connectivity index (χ1) is 40.1. The fraction of sp³-hybridized carbons (Fsp3) is 0. The molecular formula is C75H50B2N4. The number of hydrogen-bond donors (Lipinski definition) is 0. The Kier molecular flexibility index (Phi) is 12.0. The molecule has 2 aliphatic rings. The SMILES string of the molecule is b1c(-c2ccccc2)nc(-c2cc3c4c(c2)N(c2ccc(-c5ccccc5)cc2)c2ccc(-c5ccccc5)cc2B4c2cc(-c4ccccc4)ccc2N3c2ccc(-c3ccccc3)cc2)nc1-c1cccc(-c2ccccc2)c1. The van der Waals surface area contributed by atoms with Crippen molar-refractivity contribution in [2.45, 2.75) is 0 Å². The third-order valence-corrected chi connectivity index (χ3v) is 16.1. The molecule has 0 radical (unpaired) electrons. The number of nitrogens with zero attached hydrogens (tertiary/aromatic N) is 4. The third kappa shape index (κ3) is 8.84. The van der Waals surface area contributed by atoms with Gasteiger partial charge in [0.15, 0.2) is 0 Å². The van der Waals surface area contributed by atoms with E-state index in [0.29, 0.717) is 5.82 Å². The van der Waals surface area contributed by atoms with E-state index in [1.54, 1.807) is 0 Å². The molecule has 4 nitrogen and oxygen atoms in total. The number of benzene rings is 12. The van der Waals surface area contributed by atoms with Crippen LogP contribution < -0.4 is 26.2 Å². The van der Waals surface area contributed by atoms with Gasteiger partial charge in [-0.2, -0.15) is 0 Å². The summed E-state index contributed by atoms with van der Waals surface area (Å²) in [4.78, 5) is 16.2. The molecule has 2 aliphatic heterocycles. The van der Waals surface area contributed by atoms with Gasteiger partial charge in [-0.25, -0.2) is 0 Å². The van der Waals surface area contributed by atoms with Gasteiger partial charge in [-0.05, 0) is 0 Å². The van der Waals surface area contributed by atoms with Crippen molar-refractivity contribution in [2.24, 2.45) is 0 Å². The van der Waals surface area contributed by atoms with Crippen LogP contribution >= 0.6 is 0 Å². The zero-order chi connectivity index (χ0) is 53.6. The zero-order valence-corrected chi connectivity index (χ0v) is 44.3. The molecule has 376 valence electrons. The molecule has 0 aliphatic carbocycles. The maximum atomic E-state index is 5.61. The van der Waals surface area contributed by atoms with Gasteiger partial charge in [0, 0.05) is 0 Å². The second-order valence-corrected chi connectivity index (χ2v) is 20.9. The van der Waals surface area contributed by atoms with E-state index in [2.05, 4.69) is 320 Å². The van der Waals surface area contributed by atoms with Crippen LogP contribution in [0.15, 0.2) is 303 Å². The van der Waals surface area contributed by atoms with E-state index in [-0.39, 0.29) is 6.71 Å². The molecule has 6 heteroatoms. The molecule has 15 rings (SSSR count). The minimum absolute atomic E-state index is 0.158. The molecule has 3 heterocycles. The topological polar surface area (TPSA) is 32.3 Å². The van der Waals surface area contributed by atoms with Crippen LogP contribution in [0.2, 0.25) is 0 Å². The van der Waals surface area contributed by atoms with E-state index in [9.17, 15) is 0 Å². The van der Waals surface area contributed by atoms with Gasteiger partial charge in [0.2, 0.25) is 0 Å². The number of anilines is 6. The molecule has 0 fully saturated rings. The molecule has 0 saturated carbocycles. The average molecular weight is 1030 g/mol. The summed E-state index contributed by atoms with van der Waals surface area (Å²) in [6.07, 6.45) is 0. The van der Waals surface area contributed by atoms with E-state index in [1.165, 1.54) is 49.8 Å². The number of aromatic nitrogens is 2. The molecule has 81 heavy (non-hydrogen) atoms. The van der Waals surface area contributed by atoms with E-state index in [1.807, 2.05) is 0 Å². The van der Waals surface area contributed by atoms with Gasteiger partial charge in [-0.1, -0.05) is 121 Å². The monoisotopic (exact) mass is 1030 g/mol. The Bertz CT molecular complexity index is 4230. The van der Waals surface area contributed by atoms with Crippen molar-refractivity contribution >= 4 is 64.1 Å². The van der Waals surface area contributed by atoms with Crippen LogP contribution in [0.4, 0.5) is 34.1 Å². The molecule has 0 saturated heterocycles. The number of hydrogen-bond acceptors (Lipinski definition) is 4. The van der Waals surface area contributed by atoms with Crippen LogP contribution in [0.3, 0.4) is 0 Å². The van der Waals surface area contributed by atoms with Gasteiger partial charge in [-0.15, -0.1) is 0 Å². The standard InChI is InChI=1S/C75H50B2N4/c1-7-20-51(21-8-1)56-34-40-64(41-35-56)80-68-44-38-60(54-26-13-4-14-27-54)47-66(68)77-67-48-61(55-28-15-5-16-29-55)39-45-69(67)81(65-42-36-57(37-43-65)52-22-9-2-10-23-52)71-50-63(49-70(80)72(71)77)75-78-73(58-30-17-6-18-31-58)76-74(79-75)62-33-19-32-59(46-62)53-24-11-3-12-25-53/h1-50H. The van der Waals surface area contributed by atoms with Crippen molar-refractivity contribution < 1.29 is 0 Å². The van der Waals surface area contributed by atoms with E-state index in [0.717, 1.165) is 84.2 Å². The summed E-state index contributed by atoms with van der Waals surface area (Å²) >= 11 is 0. The summed E-state index contributed by atoms with van der Waals surface area (Å²) in [6.45, 7) is 1.98. The quantitative estimate of drug-likeness (QED) is 0.128. The summed E-state index contributed by atoms with van der Waals surface area (Å²) in [5, 5.41) is 0. The first kappa shape index (κ1) is 47.8. The molecule has 0 unspecified atom stereocenters. The van der Waals surface area contributed by atoms with Crippen LogP contribution in [-0.4, -0.2) is 23.6 Å². The van der Waals surface area contributed by atoms with Gasteiger partial charge in [0.05, 0.1) is 0 Å². The summed E-state index contributed by atoms with van der Waals surface area (Å²) in [5.74, 6) is 0.640. The Balaban J connectivity index is 1.02. The van der Waals surface area contributed by atoms with Crippen molar-refractivity contribution in [3.63, 3.8) is 0 Å². The van der Waals surface area contributed by atoms with Crippen molar-refractivity contribution in [2.75, 3.05) is 9.80 Å². The fourth-order valence-electron chi connectivity index (χ4n) is 12.1. The first-order valence-electron chi connectivity index (χ1n) is 27.7. The Labute approximate surface area is 473 Å². The van der Waals surface area contributed by atoms with Crippen LogP contribution in [0.1, 0.15) is 0 Å².